The molecule has 4 nitrogen and oxygen atoms in total. The molecule has 0 amide bonds. The zero-order chi connectivity index (χ0) is 12.1. The van der Waals surface area contributed by atoms with Gasteiger partial charge in [0.15, 0.2) is 0 Å². The number of ether oxygens (including phenoxy) is 1. The van der Waals surface area contributed by atoms with Crippen LogP contribution in [0.1, 0.15) is 13.3 Å². The standard InChI is InChI=1S/C11H14FN3O/c1-3-7(2)16-11(14)15-10-6-8(13)4-5-9(10)12/h4-6H,2-3,13H2,1H3,(H2,14,15). The molecule has 0 unspecified atom stereocenters. The number of hydrogen-bond donors (Lipinski definition) is 2. The number of hydrogen-bond acceptors (Lipinski definition) is 3. The number of nitrogens with zero attached hydrogens (tertiary/aromatic N) is 1. The smallest absolute Gasteiger partial charge is 0.292 e. The van der Waals surface area contributed by atoms with Crippen molar-refractivity contribution in [2.45, 2.75) is 13.3 Å². The third-order valence-electron chi connectivity index (χ3n) is 1.84. The van der Waals surface area contributed by atoms with Crippen LogP contribution < -0.4 is 11.5 Å². The quantitative estimate of drug-likeness (QED) is 0.357. The van der Waals surface area contributed by atoms with Crippen molar-refractivity contribution in [1.82, 2.24) is 0 Å². The normalized spacial score (nSPS) is 11.2. The summed E-state index contributed by atoms with van der Waals surface area (Å²) in [6.45, 7) is 5.45. The number of halogens is 1. The van der Waals surface area contributed by atoms with Crippen LogP contribution >= 0.6 is 0 Å². The van der Waals surface area contributed by atoms with E-state index in [1.165, 1.54) is 18.2 Å². The van der Waals surface area contributed by atoms with Crippen LogP contribution in [0.5, 0.6) is 0 Å². The lowest BCUT2D eigenvalue weighted by Crippen LogP contribution is -2.15. The number of benzene rings is 1. The minimum atomic E-state index is -0.511. The summed E-state index contributed by atoms with van der Waals surface area (Å²) in [6.07, 6.45) is 0.607. The van der Waals surface area contributed by atoms with Gasteiger partial charge in [0.05, 0.1) is 0 Å². The minimum Gasteiger partial charge on any atom is -0.431 e. The maximum absolute atomic E-state index is 13.3. The van der Waals surface area contributed by atoms with E-state index < -0.39 is 5.82 Å². The summed E-state index contributed by atoms with van der Waals surface area (Å²) in [5.41, 5.74) is 11.4. The van der Waals surface area contributed by atoms with Crippen molar-refractivity contribution in [1.29, 1.82) is 0 Å². The second-order valence-electron chi connectivity index (χ2n) is 3.16. The molecule has 0 atom stereocenters. The zero-order valence-electron chi connectivity index (χ0n) is 9.03. The molecule has 86 valence electrons. The fraction of sp³-hybridized carbons (Fsp3) is 0.182. The van der Waals surface area contributed by atoms with Gasteiger partial charge in [-0.15, -0.1) is 0 Å². The van der Waals surface area contributed by atoms with Gasteiger partial charge in [0, 0.05) is 12.1 Å². The third kappa shape index (κ3) is 3.27. The van der Waals surface area contributed by atoms with Gasteiger partial charge in [0.2, 0.25) is 0 Å². The molecule has 0 aliphatic carbocycles. The molecule has 1 aromatic carbocycles. The first-order valence-corrected chi connectivity index (χ1v) is 4.77. The second kappa shape index (κ2) is 5.16. The van der Waals surface area contributed by atoms with Gasteiger partial charge in [0.25, 0.3) is 6.02 Å². The van der Waals surface area contributed by atoms with Crippen molar-refractivity contribution in [3.63, 3.8) is 0 Å². The molecule has 0 heterocycles. The minimum absolute atomic E-state index is 0.0430. The van der Waals surface area contributed by atoms with Gasteiger partial charge in [-0.05, 0) is 18.2 Å². The molecule has 1 rings (SSSR count). The molecular weight excluding hydrogens is 209 g/mol. The van der Waals surface area contributed by atoms with E-state index >= 15 is 0 Å². The summed E-state index contributed by atoms with van der Waals surface area (Å²) in [5.74, 6) is -0.0478. The Morgan fingerprint density at radius 2 is 2.25 bits per heavy atom. The highest BCUT2D eigenvalue weighted by Crippen LogP contribution is 2.20. The number of aliphatic imine (C=N–C) groups is 1. The first-order chi connectivity index (χ1) is 7.52. The SMILES string of the molecule is C=C(CC)O/C(N)=N\c1cc(N)ccc1F. The first kappa shape index (κ1) is 12.0. The van der Waals surface area contributed by atoms with Crippen LogP contribution in [-0.4, -0.2) is 6.02 Å². The Balaban J connectivity index is 2.89. The van der Waals surface area contributed by atoms with Gasteiger partial charge < -0.3 is 16.2 Å². The third-order valence-corrected chi connectivity index (χ3v) is 1.84. The Bertz CT molecular complexity index is 429. The maximum atomic E-state index is 13.3. The van der Waals surface area contributed by atoms with Crippen LogP contribution in [0.15, 0.2) is 35.5 Å². The molecular formula is C11H14FN3O. The number of nitrogens with two attached hydrogens (primary N) is 2. The van der Waals surface area contributed by atoms with Crippen LogP contribution in [-0.2, 0) is 4.74 Å². The fourth-order valence-electron chi connectivity index (χ4n) is 0.977. The van der Waals surface area contributed by atoms with Gasteiger partial charge in [-0.25, -0.2) is 4.39 Å². The lowest BCUT2D eigenvalue weighted by atomic mass is 10.3. The second-order valence-corrected chi connectivity index (χ2v) is 3.16. The Hall–Kier alpha value is -2.04. The molecule has 0 aromatic heterocycles. The molecule has 0 spiro atoms. The number of amidine groups is 1. The van der Waals surface area contributed by atoms with Crippen LogP contribution in [0.25, 0.3) is 0 Å². The number of allylic oxidation sites excluding steroid dienone is 1. The van der Waals surface area contributed by atoms with E-state index in [0.717, 1.165) is 0 Å². The van der Waals surface area contributed by atoms with Crippen molar-refractivity contribution >= 4 is 17.4 Å². The molecule has 16 heavy (non-hydrogen) atoms. The molecule has 0 aliphatic heterocycles. The van der Waals surface area contributed by atoms with Crippen LogP contribution in [0.2, 0.25) is 0 Å². The molecule has 0 saturated heterocycles. The van der Waals surface area contributed by atoms with Crippen molar-refractivity contribution < 1.29 is 9.13 Å². The molecule has 0 bridgehead atoms. The Kier molecular flexibility index (Phi) is 3.88. The fourth-order valence-corrected chi connectivity index (χ4v) is 0.977. The topological polar surface area (TPSA) is 73.6 Å². The highest BCUT2D eigenvalue weighted by molar-refractivity contribution is 5.76. The van der Waals surface area contributed by atoms with E-state index in [4.69, 9.17) is 16.2 Å². The summed E-state index contributed by atoms with van der Waals surface area (Å²) in [5, 5.41) is 0. The lowest BCUT2D eigenvalue weighted by molar-refractivity contribution is 0.395. The summed E-state index contributed by atoms with van der Waals surface area (Å²) in [6, 6.07) is 3.88. The molecule has 1 aromatic rings. The summed E-state index contributed by atoms with van der Waals surface area (Å²) in [7, 11) is 0. The van der Waals surface area contributed by atoms with E-state index in [0.29, 0.717) is 17.9 Å². The number of nitrogen functional groups attached to an aromatic ring is 1. The highest BCUT2D eigenvalue weighted by atomic mass is 19.1. The summed E-state index contributed by atoms with van der Waals surface area (Å²) >= 11 is 0. The molecule has 5 heteroatoms. The molecule has 0 fully saturated rings. The highest BCUT2D eigenvalue weighted by Gasteiger charge is 2.03. The van der Waals surface area contributed by atoms with E-state index in [1.54, 1.807) is 0 Å². The van der Waals surface area contributed by atoms with Gasteiger partial charge in [-0.1, -0.05) is 13.5 Å². The average Bonchev–Trinajstić information content (AvgIpc) is 2.23. The van der Waals surface area contributed by atoms with Crippen molar-refractivity contribution in [2.24, 2.45) is 10.7 Å². The molecule has 0 saturated carbocycles. The maximum Gasteiger partial charge on any atom is 0.292 e. The zero-order valence-corrected chi connectivity index (χ0v) is 9.03. The summed E-state index contributed by atoms with van der Waals surface area (Å²) in [4.78, 5) is 3.76. The Labute approximate surface area is 93.4 Å². The van der Waals surface area contributed by atoms with Crippen molar-refractivity contribution in [3.05, 3.63) is 36.4 Å². The van der Waals surface area contributed by atoms with Crippen LogP contribution in [0, 0.1) is 5.82 Å². The van der Waals surface area contributed by atoms with Gasteiger partial charge in [0.1, 0.15) is 17.3 Å². The Morgan fingerprint density at radius 1 is 1.56 bits per heavy atom. The largest absolute Gasteiger partial charge is 0.431 e. The van der Waals surface area contributed by atoms with E-state index in [9.17, 15) is 4.39 Å². The van der Waals surface area contributed by atoms with Crippen LogP contribution in [0.4, 0.5) is 15.8 Å². The van der Waals surface area contributed by atoms with Crippen molar-refractivity contribution in [3.8, 4) is 0 Å². The van der Waals surface area contributed by atoms with Crippen molar-refractivity contribution in [2.75, 3.05) is 5.73 Å². The number of rotatable bonds is 3. The average molecular weight is 223 g/mol. The predicted molar refractivity (Wildman–Crippen MR) is 62.6 cm³/mol. The molecule has 0 radical (unpaired) electrons. The predicted octanol–water partition coefficient (Wildman–Crippen LogP) is 2.29. The van der Waals surface area contributed by atoms with E-state index in [2.05, 4.69) is 11.6 Å². The number of anilines is 1. The lowest BCUT2D eigenvalue weighted by Gasteiger charge is -2.05. The van der Waals surface area contributed by atoms with Gasteiger partial charge in [-0.3, -0.25) is 0 Å². The monoisotopic (exact) mass is 223 g/mol. The Morgan fingerprint density at radius 3 is 2.88 bits per heavy atom. The molecule has 4 N–H and O–H groups in total. The van der Waals surface area contributed by atoms with Crippen LogP contribution in [0.3, 0.4) is 0 Å². The summed E-state index contributed by atoms with van der Waals surface area (Å²) < 4.78 is 18.3. The first-order valence-electron chi connectivity index (χ1n) is 4.77. The van der Waals surface area contributed by atoms with Gasteiger partial charge in [-0.2, -0.15) is 4.99 Å². The van der Waals surface area contributed by atoms with Gasteiger partial charge >= 0.3 is 0 Å². The van der Waals surface area contributed by atoms with E-state index in [-0.39, 0.29) is 11.7 Å². The van der Waals surface area contributed by atoms with E-state index in [1.807, 2.05) is 6.92 Å². The molecule has 0 aliphatic rings.